The van der Waals surface area contributed by atoms with Gasteiger partial charge in [-0.05, 0) is 46.6 Å². The number of halogens is 1. The van der Waals surface area contributed by atoms with Crippen molar-refractivity contribution in [2.24, 2.45) is 0 Å². The number of nitrogens with zero attached hydrogens (tertiary/aromatic N) is 1. The molecule has 3 heteroatoms. The van der Waals surface area contributed by atoms with Crippen molar-refractivity contribution in [3.05, 3.63) is 70.2 Å². The minimum Gasteiger partial charge on any atom is -0.276 e. The van der Waals surface area contributed by atoms with Gasteiger partial charge < -0.3 is 0 Å². The first-order valence-corrected chi connectivity index (χ1v) is 6.78. The number of amides is 1. The number of carbonyl (C=O) groups is 1. The molecule has 94 valence electrons. The average molecular weight is 314 g/mol. The molecule has 0 saturated heterocycles. The van der Waals surface area contributed by atoms with Crippen LogP contribution in [0.15, 0.2) is 53.5 Å². The summed E-state index contributed by atoms with van der Waals surface area (Å²) < 4.78 is 0.898. The standard InChI is InChI=1S/C16H12BrNO/c1-10-7-8-15(14(17)9-10)18-11(2)12-5-3-4-6-13(12)16(18)19/h3-9H,2H2,1H3. The van der Waals surface area contributed by atoms with Crippen LogP contribution in [0.2, 0.25) is 0 Å². The number of carbonyl (C=O) groups excluding carboxylic acids is 1. The average Bonchev–Trinajstić information content (AvgIpc) is 2.64. The maximum absolute atomic E-state index is 12.5. The third-order valence-electron chi connectivity index (χ3n) is 3.29. The number of benzene rings is 2. The predicted molar refractivity (Wildman–Crippen MR) is 81.2 cm³/mol. The van der Waals surface area contributed by atoms with Crippen LogP contribution in [-0.2, 0) is 0 Å². The number of hydrogen-bond donors (Lipinski definition) is 0. The molecule has 1 aliphatic heterocycles. The molecule has 0 unspecified atom stereocenters. The largest absolute Gasteiger partial charge is 0.276 e. The van der Waals surface area contributed by atoms with E-state index in [0.29, 0.717) is 5.56 Å². The van der Waals surface area contributed by atoms with E-state index >= 15 is 0 Å². The molecule has 0 saturated carbocycles. The second kappa shape index (κ2) is 4.35. The van der Waals surface area contributed by atoms with E-state index in [9.17, 15) is 4.79 Å². The molecule has 0 N–H and O–H groups in total. The predicted octanol–water partition coefficient (Wildman–Crippen LogP) is 4.39. The summed E-state index contributed by atoms with van der Waals surface area (Å²) in [5.41, 5.74) is 4.31. The van der Waals surface area contributed by atoms with Crippen LogP contribution in [0.5, 0.6) is 0 Å². The third-order valence-corrected chi connectivity index (χ3v) is 3.92. The van der Waals surface area contributed by atoms with Crippen molar-refractivity contribution >= 4 is 33.2 Å². The summed E-state index contributed by atoms with van der Waals surface area (Å²) in [7, 11) is 0. The van der Waals surface area contributed by atoms with Gasteiger partial charge in [0.2, 0.25) is 0 Å². The molecule has 2 aromatic carbocycles. The summed E-state index contributed by atoms with van der Waals surface area (Å²) in [5, 5.41) is 0. The highest BCUT2D eigenvalue weighted by Gasteiger charge is 2.32. The Bertz CT molecular complexity index is 671. The minimum absolute atomic E-state index is 0.0230. The molecule has 0 fully saturated rings. The molecule has 2 nitrogen and oxygen atoms in total. The lowest BCUT2D eigenvalue weighted by molar-refractivity contribution is 0.101. The maximum atomic E-state index is 12.5. The number of fused-ring (bicyclic) bond motifs is 1. The summed E-state index contributed by atoms with van der Waals surface area (Å²) in [6.45, 7) is 6.07. The van der Waals surface area contributed by atoms with Crippen molar-refractivity contribution in [2.45, 2.75) is 6.92 Å². The van der Waals surface area contributed by atoms with Crippen LogP contribution in [0.4, 0.5) is 5.69 Å². The Balaban J connectivity index is 2.14. The van der Waals surface area contributed by atoms with Crippen LogP contribution in [-0.4, -0.2) is 5.91 Å². The Labute approximate surface area is 120 Å². The Morgan fingerprint density at radius 1 is 1.11 bits per heavy atom. The van der Waals surface area contributed by atoms with Gasteiger partial charge in [-0.2, -0.15) is 0 Å². The normalized spacial score (nSPS) is 13.9. The van der Waals surface area contributed by atoms with Crippen molar-refractivity contribution in [2.75, 3.05) is 4.90 Å². The zero-order chi connectivity index (χ0) is 13.6. The topological polar surface area (TPSA) is 20.3 Å². The molecule has 3 rings (SSSR count). The molecule has 0 aliphatic carbocycles. The van der Waals surface area contributed by atoms with Gasteiger partial charge in [0.1, 0.15) is 0 Å². The first kappa shape index (κ1) is 12.2. The van der Waals surface area contributed by atoms with E-state index in [4.69, 9.17) is 0 Å². The summed E-state index contributed by atoms with van der Waals surface area (Å²) in [5.74, 6) is -0.0230. The van der Waals surface area contributed by atoms with Crippen LogP contribution >= 0.6 is 15.9 Å². The smallest absolute Gasteiger partial charge is 0.263 e. The van der Waals surface area contributed by atoms with Gasteiger partial charge in [-0.3, -0.25) is 9.69 Å². The first-order chi connectivity index (χ1) is 9.09. The highest BCUT2D eigenvalue weighted by Crippen LogP contribution is 2.39. The summed E-state index contributed by atoms with van der Waals surface area (Å²) in [6, 6.07) is 13.5. The zero-order valence-electron chi connectivity index (χ0n) is 10.5. The number of anilines is 1. The number of hydrogen-bond acceptors (Lipinski definition) is 1. The van der Waals surface area contributed by atoms with E-state index in [1.807, 2.05) is 49.4 Å². The molecule has 1 aliphatic rings. The maximum Gasteiger partial charge on any atom is 0.263 e. The van der Waals surface area contributed by atoms with Gasteiger partial charge in [0.15, 0.2) is 0 Å². The molecule has 0 spiro atoms. The van der Waals surface area contributed by atoms with Crippen LogP contribution in [0.25, 0.3) is 5.70 Å². The molecular weight excluding hydrogens is 302 g/mol. The van der Waals surface area contributed by atoms with Crippen LogP contribution in [0.3, 0.4) is 0 Å². The molecule has 0 atom stereocenters. The fourth-order valence-electron chi connectivity index (χ4n) is 2.33. The molecule has 1 amide bonds. The van der Waals surface area contributed by atoms with Crippen molar-refractivity contribution in [1.29, 1.82) is 0 Å². The van der Waals surface area contributed by atoms with Crippen molar-refractivity contribution in [3.8, 4) is 0 Å². The zero-order valence-corrected chi connectivity index (χ0v) is 12.1. The Kier molecular flexibility index (Phi) is 2.79. The van der Waals surface area contributed by atoms with Gasteiger partial charge in [0.05, 0.1) is 11.4 Å². The van der Waals surface area contributed by atoms with Crippen LogP contribution in [0.1, 0.15) is 21.5 Å². The van der Waals surface area contributed by atoms with E-state index in [0.717, 1.165) is 27.0 Å². The second-order valence-corrected chi connectivity index (χ2v) is 5.44. The number of rotatable bonds is 1. The molecule has 0 radical (unpaired) electrons. The first-order valence-electron chi connectivity index (χ1n) is 5.98. The lowest BCUT2D eigenvalue weighted by Crippen LogP contribution is -2.22. The Morgan fingerprint density at radius 3 is 2.42 bits per heavy atom. The molecule has 0 bridgehead atoms. The molecule has 0 aromatic heterocycles. The lowest BCUT2D eigenvalue weighted by atomic mass is 10.1. The van der Waals surface area contributed by atoms with Crippen molar-refractivity contribution in [3.63, 3.8) is 0 Å². The Hall–Kier alpha value is -1.87. The minimum atomic E-state index is -0.0230. The van der Waals surface area contributed by atoms with E-state index in [1.54, 1.807) is 4.90 Å². The highest BCUT2D eigenvalue weighted by molar-refractivity contribution is 9.10. The fraction of sp³-hybridized carbons (Fsp3) is 0.0625. The van der Waals surface area contributed by atoms with E-state index in [-0.39, 0.29) is 5.91 Å². The molecule has 2 aromatic rings. The Morgan fingerprint density at radius 2 is 1.79 bits per heavy atom. The molecule has 19 heavy (non-hydrogen) atoms. The SMILES string of the molecule is C=C1c2ccccc2C(=O)N1c1ccc(C)cc1Br. The lowest BCUT2D eigenvalue weighted by Gasteiger charge is -2.19. The second-order valence-electron chi connectivity index (χ2n) is 4.59. The van der Waals surface area contributed by atoms with Crippen LogP contribution in [0, 0.1) is 6.92 Å². The molecule has 1 heterocycles. The van der Waals surface area contributed by atoms with Gasteiger partial charge in [0.25, 0.3) is 5.91 Å². The van der Waals surface area contributed by atoms with E-state index < -0.39 is 0 Å². The monoisotopic (exact) mass is 313 g/mol. The van der Waals surface area contributed by atoms with Crippen molar-refractivity contribution < 1.29 is 4.79 Å². The van der Waals surface area contributed by atoms with E-state index in [1.165, 1.54) is 0 Å². The summed E-state index contributed by atoms with van der Waals surface area (Å²) in [4.78, 5) is 14.1. The van der Waals surface area contributed by atoms with Gasteiger partial charge in [-0.1, -0.05) is 30.8 Å². The molecular formula is C16H12BrNO. The van der Waals surface area contributed by atoms with E-state index in [2.05, 4.69) is 22.5 Å². The highest BCUT2D eigenvalue weighted by atomic mass is 79.9. The van der Waals surface area contributed by atoms with Crippen molar-refractivity contribution in [1.82, 2.24) is 0 Å². The summed E-state index contributed by atoms with van der Waals surface area (Å²) in [6.07, 6.45) is 0. The van der Waals surface area contributed by atoms with Gasteiger partial charge in [-0.15, -0.1) is 0 Å². The quantitative estimate of drug-likeness (QED) is 0.764. The van der Waals surface area contributed by atoms with Gasteiger partial charge in [-0.25, -0.2) is 0 Å². The van der Waals surface area contributed by atoms with Gasteiger partial charge in [0, 0.05) is 15.6 Å². The third kappa shape index (κ3) is 1.81. The summed E-state index contributed by atoms with van der Waals surface area (Å²) >= 11 is 3.52. The van der Waals surface area contributed by atoms with Crippen LogP contribution < -0.4 is 4.90 Å². The van der Waals surface area contributed by atoms with Gasteiger partial charge >= 0.3 is 0 Å². The fourth-order valence-corrected chi connectivity index (χ4v) is 3.00. The number of aryl methyl sites for hydroxylation is 1.